The van der Waals surface area contributed by atoms with Crippen molar-refractivity contribution in [1.29, 1.82) is 0 Å². The van der Waals surface area contributed by atoms with Crippen molar-refractivity contribution in [3.63, 3.8) is 0 Å². The summed E-state index contributed by atoms with van der Waals surface area (Å²) in [6, 6.07) is 0. The zero-order valence-electron chi connectivity index (χ0n) is 19.3. The van der Waals surface area contributed by atoms with Gasteiger partial charge in [0.15, 0.2) is 0 Å². The summed E-state index contributed by atoms with van der Waals surface area (Å²) in [4.78, 5) is 0. The van der Waals surface area contributed by atoms with Crippen LogP contribution in [0.25, 0.3) is 0 Å². The summed E-state index contributed by atoms with van der Waals surface area (Å²) < 4.78 is 84.0. The predicted molar refractivity (Wildman–Crippen MR) is 123 cm³/mol. The Morgan fingerprint density at radius 2 is 0.719 bits per heavy atom. The molecule has 0 saturated heterocycles. The number of hydrogen-bond donors (Lipinski definition) is 6. The summed E-state index contributed by atoms with van der Waals surface area (Å²) in [6.07, 6.45) is 4.00. The van der Waals surface area contributed by atoms with Gasteiger partial charge >= 0.3 is 0 Å². The van der Waals surface area contributed by atoms with Gasteiger partial charge in [-0.05, 0) is 19.3 Å². The first kappa shape index (κ1) is 38.9. The standard InChI is InChI=1S/C5H12O3.3C4H10O3S/c1-5(2-6,3-7)4-8;3*1-2-3-4-8(5,6)7/h6-8H,2-4H2,1H3;3*2-4H2,1H3,(H,5,6,7). The summed E-state index contributed by atoms with van der Waals surface area (Å²) in [5.41, 5.74) is -0.708. The van der Waals surface area contributed by atoms with E-state index < -0.39 is 35.8 Å². The summed E-state index contributed by atoms with van der Waals surface area (Å²) in [5, 5.41) is 25.4. The van der Waals surface area contributed by atoms with Crippen molar-refractivity contribution >= 4 is 30.4 Å². The van der Waals surface area contributed by atoms with Crippen LogP contribution in [0.1, 0.15) is 66.2 Å². The van der Waals surface area contributed by atoms with Crippen LogP contribution in [-0.2, 0) is 30.4 Å². The van der Waals surface area contributed by atoms with Crippen LogP contribution in [0.5, 0.6) is 0 Å². The van der Waals surface area contributed by atoms with E-state index in [9.17, 15) is 25.3 Å². The number of rotatable bonds is 12. The van der Waals surface area contributed by atoms with Crippen molar-refractivity contribution in [2.75, 3.05) is 37.1 Å². The van der Waals surface area contributed by atoms with Crippen LogP contribution >= 0.6 is 0 Å². The minimum absolute atomic E-state index is 0.108. The molecule has 0 radical (unpaired) electrons. The van der Waals surface area contributed by atoms with Crippen LogP contribution in [0, 0.1) is 5.41 Å². The quantitative estimate of drug-likeness (QED) is 0.193. The lowest BCUT2D eigenvalue weighted by atomic mass is 9.95. The van der Waals surface area contributed by atoms with Crippen molar-refractivity contribution in [3.8, 4) is 0 Å². The monoisotopic (exact) mass is 534 g/mol. The van der Waals surface area contributed by atoms with E-state index in [1.165, 1.54) is 0 Å². The molecule has 0 rings (SSSR count). The van der Waals surface area contributed by atoms with Gasteiger partial charge in [-0.2, -0.15) is 25.3 Å². The summed E-state index contributed by atoms with van der Waals surface area (Å²) in [7, 11) is -11.1. The molecule has 0 aromatic heterocycles. The Labute approximate surface area is 193 Å². The Kier molecular flexibility index (Phi) is 25.7. The molecule has 0 saturated carbocycles. The Morgan fingerprint density at radius 1 is 0.531 bits per heavy atom. The van der Waals surface area contributed by atoms with E-state index in [1.54, 1.807) is 6.92 Å². The van der Waals surface area contributed by atoms with Gasteiger partial charge in [0.25, 0.3) is 30.4 Å². The fourth-order valence-corrected chi connectivity index (χ4v) is 3.09. The highest BCUT2D eigenvalue weighted by atomic mass is 32.2. The van der Waals surface area contributed by atoms with Crippen molar-refractivity contribution < 1.29 is 54.2 Å². The average molecular weight is 535 g/mol. The van der Waals surface area contributed by atoms with Gasteiger partial charge in [0.2, 0.25) is 0 Å². The second-order valence-electron chi connectivity index (χ2n) is 7.20. The Bertz CT molecular complexity index is 618. The van der Waals surface area contributed by atoms with Gasteiger partial charge in [-0.1, -0.05) is 47.0 Å². The van der Waals surface area contributed by atoms with E-state index in [0.29, 0.717) is 19.3 Å². The smallest absolute Gasteiger partial charge is 0.264 e. The molecule has 0 amide bonds. The Balaban J connectivity index is -0.000000163. The maximum absolute atomic E-state index is 9.95. The topological polar surface area (TPSA) is 224 Å². The lowest BCUT2D eigenvalue weighted by Gasteiger charge is -2.20. The maximum atomic E-state index is 9.95. The lowest BCUT2D eigenvalue weighted by Crippen LogP contribution is -2.29. The highest BCUT2D eigenvalue weighted by molar-refractivity contribution is 7.86. The van der Waals surface area contributed by atoms with Crippen LogP contribution in [0.3, 0.4) is 0 Å². The van der Waals surface area contributed by atoms with Gasteiger partial charge < -0.3 is 15.3 Å². The lowest BCUT2D eigenvalue weighted by molar-refractivity contribution is 0.0200. The molecule has 6 N–H and O–H groups in total. The number of aliphatic hydroxyl groups is 3. The van der Waals surface area contributed by atoms with Crippen molar-refractivity contribution in [1.82, 2.24) is 0 Å². The van der Waals surface area contributed by atoms with Crippen molar-refractivity contribution in [3.05, 3.63) is 0 Å². The highest BCUT2D eigenvalue weighted by Gasteiger charge is 2.20. The van der Waals surface area contributed by atoms with Gasteiger partial charge in [0.1, 0.15) is 0 Å². The van der Waals surface area contributed by atoms with Crippen molar-refractivity contribution in [2.45, 2.75) is 66.2 Å². The van der Waals surface area contributed by atoms with Gasteiger partial charge in [-0.15, -0.1) is 0 Å². The zero-order chi connectivity index (χ0) is 26.5. The first-order chi connectivity index (χ1) is 14.4. The molecule has 0 aliphatic rings. The minimum atomic E-state index is -3.69. The molecule has 32 heavy (non-hydrogen) atoms. The molecule has 0 bridgehead atoms. The molecule has 0 atom stereocenters. The molecule has 12 nitrogen and oxygen atoms in total. The van der Waals surface area contributed by atoms with E-state index in [-0.39, 0.29) is 37.1 Å². The second-order valence-corrected chi connectivity index (χ2v) is 11.9. The first-order valence-electron chi connectivity index (χ1n) is 10.0. The second kappa shape index (κ2) is 21.2. The molecule has 0 aliphatic carbocycles. The molecule has 0 spiro atoms. The van der Waals surface area contributed by atoms with Gasteiger partial charge in [-0.25, -0.2) is 0 Å². The van der Waals surface area contributed by atoms with E-state index in [4.69, 9.17) is 29.0 Å². The third-order valence-electron chi connectivity index (χ3n) is 3.41. The first-order valence-corrected chi connectivity index (χ1v) is 14.9. The molecule has 0 heterocycles. The molecule has 0 aliphatic heterocycles. The van der Waals surface area contributed by atoms with E-state index >= 15 is 0 Å². The van der Waals surface area contributed by atoms with Crippen LogP contribution in [0.15, 0.2) is 0 Å². The summed E-state index contributed by atoms with van der Waals surface area (Å²) in [5.74, 6) is -0.323. The van der Waals surface area contributed by atoms with Crippen LogP contribution in [0.2, 0.25) is 0 Å². The molecule has 0 unspecified atom stereocenters. The molecular weight excluding hydrogens is 492 g/mol. The Morgan fingerprint density at radius 3 is 0.750 bits per heavy atom. The third-order valence-corrected chi connectivity index (χ3v) is 5.83. The average Bonchev–Trinajstić information content (AvgIpc) is 2.68. The van der Waals surface area contributed by atoms with Crippen LogP contribution < -0.4 is 0 Å². The van der Waals surface area contributed by atoms with Crippen LogP contribution in [0.4, 0.5) is 0 Å². The number of hydrogen-bond acceptors (Lipinski definition) is 9. The SMILES string of the molecule is CC(CO)(CO)CO.CCCCS(=O)(=O)O.CCCCS(=O)(=O)O.CCCCS(=O)(=O)O. The van der Waals surface area contributed by atoms with Gasteiger partial charge in [0.05, 0.1) is 37.1 Å². The zero-order valence-corrected chi connectivity index (χ0v) is 21.8. The highest BCUT2D eigenvalue weighted by Crippen LogP contribution is 2.11. The fourth-order valence-electron chi connectivity index (χ4n) is 1.13. The normalized spacial score (nSPS) is 11.8. The largest absolute Gasteiger partial charge is 0.396 e. The maximum Gasteiger partial charge on any atom is 0.264 e. The van der Waals surface area contributed by atoms with E-state index in [0.717, 1.165) is 19.3 Å². The van der Waals surface area contributed by atoms with Crippen molar-refractivity contribution in [2.24, 2.45) is 5.41 Å². The summed E-state index contributed by atoms with van der Waals surface area (Å²) in [6.45, 7) is 6.66. The number of aliphatic hydroxyl groups excluding tert-OH is 3. The Hall–Kier alpha value is -0.390. The molecule has 15 heteroatoms. The summed E-state index contributed by atoms with van der Waals surface area (Å²) >= 11 is 0. The van der Waals surface area contributed by atoms with Crippen LogP contribution in [-0.4, -0.2) is 91.3 Å². The number of unbranched alkanes of at least 4 members (excludes halogenated alkanes) is 3. The molecule has 200 valence electrons. The van der Waals surface area contributed by atoms with Gasteiger partial charge in [-0.3, -0.25) is 13.7 Å². The minimum Gasteiger partial charge on any atom is -0.396 e. The van der Waals surface area contributed by atoms with E-state index in [1.807, 2.05) is 20.8 Å². The van der Waals surface area contributed by atoms with Gasteiger partial charge in [0, 0.05) is 5.41 Å². The molecular formula is C17H42O12S3. The predicted octanol–water partition coefficient (Wildman–Crippen LogP) is 0.993. The third kappa shape index (κ3) is 43.5. The molecule has 0 aromatic carbocycles. The molecule has 0 fully saturated rings. The molecule has 0 aromatic rings. The fraction of sp³-hybridized carbons (Fsp3) is 1.00. The van der Waals surface area contributed by atoms with E-state index in [2.05, 4.69) is 0 Å².